The summed E-state index contributed by atoms with van der Waals surface area (Å²) in [5.41, 5.74) is 2.01. The van der Waals surface area contributed by atoms with E-state index in [2.05, 4.69) is 5.32 Å². The zero-order chi connectivity index (χ0) is 21.6. The quantitative estimate of drug-likeness (QED) is 0.637. The fourth-order valence-electron chi connectivity index (χ4n) is 3.99. The highest BCUT2D eigenvalue weighted by atomic mass is 32.2. The van der Waals surface area contributed by atoms with Gasteiger partial charge in [-0.05, 0) is 49.6 Å². The van der Waals surface area contributed by atoms with Crippen LogP contribution in [0.3, 0.4) is 0 Å². The van der Waals surface area contributed by atoms with E-state index in [4.69, 9.17) is 0 Å². The summed E-state index contributed by atoms with van der Waals surface area (Å²) in [5, 5.41) is 2.97. The third-order valence-corrected chi connectivity index (χ3v) is 7.75. The molecule has 1 N–H and O–H groups in total. The van der Waals surface area contributed by atoms with Crippen molar-refractivity contribution in [2.75, 3.05) is 17.9 Å². The molecule has 1 aliphatic rings. The van der Waals surface area contributed by atoms with Crippen molar-refractivity contribution in [3.63, 3.8) is 0 Å². The minimum absolute atomic E-state index is 0.113. The van der Waals surface area contributed by atoms with Gasteiger partial charge in [0.05, 0.1) is 10.6 Å². The zero-order valence-corrected chi connectivity index (χ0v) is 18.7. The second-order valence-corrected chi connectivity index (χ2v) is 10.2. The number of benzene rings is 2. The standard InChI is InChI=1S/C24H32N2O3S/c1-19-12-14-22(15-13-19)26(2)30(28,29)23-11-7-10-21(18-23)24(27)25-17-16-20-8-5-3-4-6-9-20/h7,10-15,18,20H,3-6,8-9,16-17H2,1-2H3,(H,25,27). The maximum absolute atomic E-state index is 13.0. The van der Waals surface area contributed by atoms with Crippen molar-refractivity contribution >= 4 is 21.6 Å². The molecule has 5 nitrogen and oxygen atoms in total. The Labute approximate surface area is 180 Å². The van der Waals surface area contributed by atoms with E-state index in [1.165, 1.54) is 62.0 Å². The van der Waals surface area contributed by atoms with Crippen molar-refractivity contribution in [3.8, 4) is 0 Å². The number of carbonyl (C=O) groups excluding carboxylic acids is 1. The lowest BCUT2D eigenvalue weighted by molar-refractivity contribution is 0.0950. The van der Waals surface area contributed by atoms with Crippen LogP contribution < -0.4 is 9.62 Å². The fourth-order valence-corrected chi connectivity index (χ4v) is 5.24. The van der Waals surface area contributed by atoms with E-state index in [1.54, 1.807) is 24.3 Å². The van der Waals surface area contributed by atoms with Crippen LogP contribution in [-0.4, -0.2) is 27.9 Å². The Bertz CT molecular complexity index is 947. The molecule has 0 heterocycles. The first kappa shape index (κ1) is 22.3. The Morgan fingerprint density at radius 1 is 1.03 bits per heavy atom. The summed E-state index contributed by atoms with van der Waals surface area (Å²) in [6.45, 7) is 2.58. The molecule has 6 heteroatoms. The van der Waals surface area contributed by atoms with Crippen molar-refractivity contribution in [2.45, 2.75) is 56.8 Å². The second kappa shape index (κ2) is 10.1. The van der Waals surface area contributed by atoms with Crippen molar-refractivity contribution in [3.05, 3.63) is 59.7 Å². The van der Waals surface area contributed by atoms with Gasteiger partial charge >= 0.3 is 0 Å². The topological polar surface area (TPSA) is 66.5 Å². The summed E-state index contributed by atoms with van der Waals surface area (Å²) in [6, 6.07) is 13.6. The first-order chi connectivity index (χ1) is 14.4. The maximum atomic E-state index is 13.0. The van der Waals surface area contributed by atoms with Crippen molar-refractivity contribution in [2.24, 2.45) is 5.92 Å². The SMILES string of the molecule is Cc1ccc(N(C)S(=O)(=O)c2cccc(C(=O)NCCC3CCCCCC3)c2)cc1. The summed E-state index contributed by atoms with van der Waals surface area (Å²) >= 11 is 0. The smallest absolute Gasteiger partial charge is 0.264 e. The van der Waals surface area contributed by atoms with E-state index in [1.807, 2.05) is 19.1 Å². The molecule has 1 aliphatic carbocycles. The Morgan fingerprint density at radius 2 is 1.70 bits per heavy atom. The van der Waals surface area contributed by atoms with Gasteiger partial charge in [0.2, 0.25) is 0 Å². The van der Waals surface area contributed by atoms with Gasteiger partial charge in [-0.25, -0.2) is 8.42 Å². The van der Waals surface area contributed by atoms with E-state index < -0.39 is 10.0 Å². The predicted octanol–water partition coefficient (Wildman–Crippen LogP) is 4.91. The van der Waals surface area contributed by atoms with Crippen LogP contribution in [0, 0.1) is 12.8 Å². The summed E-state index contributed by atoms with van der Waals surface area (Å²) in [6.07, 6.45) is 8.69. The second-order valence-electron chi connectivity index (χ2n) is 8.24. The molecule has 1 saturated carbocycles. The van der Waals surface area contributed by atoms with E-state index in [9.17, 15) is 13.2 Å². The molecule has 0 radical (unpaired) electrons. The van der Waals surface area contributed by atoms with Gasteiger partial charge in [-0.2, -0.15) is 0 Å². The van der Waals surface area contributed by atoms with Gasteiger partial charge in [0.15, 0.2) is 0 Å². The van der Waals surface area contributed by atoms with Gasteiger partial charge in [0.25, 0.3) is 15.9 Å². The maximum Gasteiger partial charge on any atom is 0.264 e. The number of rotatable bonds is 7. The van der Waals surface area contributed by atoms with Gasteiger partial charge in [-0.15, -0.1) is 0 Å². The lowest BCUT2D eigenvalue weighted by Gasteiger charge is -2.20. The van der Waals surface area contributed by atoms with Crippen LogP contribution in [-0.2, 0) is 10.0 Å². The molecule has 0 aliphatic heterocycles. The molecule has 162 valence electrons. The molecule has 0 aromatic heterocycles. The van der Waals surface area contributed by atoms with Crippen LogP contribution in [0.15, 0.2) is 53.4 Å². The van der Waals surface area contributed by atoms with Gasteiger partial charge < -0.3 is 5.32 Å². The van der Waals surface area contributed by atoms with Crippen molar-refractivity contribution in [1.82, 2.24) is 5.32 Å². The van der Waals surface area contributed by atoms with Crippen LogP contribution >= 0.6 is 0 Å². The highest BCUT2D eigenvalue weighted by molar-refractivity contribution is 7.92. The van der Waals surface area contributed by atoms with Crippen LogP contribution in [0.4, 0.5) is 5.69 Å². The van der Waals surface area contributed by atoms with Crippen molar-refractivity contribution in [1.29, 1.82) is 0 Å². The number of amides is 1. The highest BCUT2D eigenvalue weighted by Gasteiger charge is 2.22. The third kappa shape index (κ3) is 5.63. The van der Waals surface area contributed by atoms with Gasteiger partial charge in [0.1, 0.15) is 0 Å². The largest absolute Gasteiger partial charge is 0.352 e. The van der Waals surface area contributed by atoms with Gasteiger partial charge in [-0.3, -0.25) is 9.10 Å². The molecule has 1 amide bonds. The Kier molecular flexibility index (Phi) is 7.53. The molecule has 0 bridgehead atoms. The molecule has 3 rings (SSSR count). The van der Waals surface area contributed by atoms with E-state index in [-0.39, 0.29) is 10.8 Å². The minimum atomic E-state index is -3.75. The normalized spacial score (nSPS) is 15.4. The Morgan fingerprint density at radius 3 is 2.37 bits per heavy atom. The molecule has 1 fully saturated rings. The summed E-state index contributed by atoms with van der Waals surface area (Å²) in [4.78, 5) is 12.7. The molecule has 0 unspecified atom stereocenters. The molecule has 2 aromatic carbocycles. The van der Waals surface area contributed by atoms with Gasteiger partial charge in [-0.1, -0.05) is 62.3 Å². The number of hydrogen-bond acceptors (Lipinski definition) is 3. The average Bonchev–Trinajstić information content (AvgIpc) is 3.02. The van der Waals surface area contributed by atoms with E-state index >= 15 is 0 Å². The van der Waals surface area contributed by atoms with Crippen molar-refractivity contribution < 1.29 is 13.2 Å². The number of hydrogen-bond donors (Lipinski definition) is 1. The number of aryl methyl sites for hydroxylation is 1. The summed E-state index contributed by atoms with van der Waals surface area (Å²) in [7, 11) is -2.22. The monoisotopic (exact) mass is 428 g/mol. The number of nitrogens with one attached hydrogen (secondary N) is 1. The van der Waals surface area contributed by atoms with E-state index in [0.717, 1.165) is 12.0 Å². The zero-order valence-electron chi connectivity index (χ0n) is 17.9. The molecule has 0 spiro atoms. The number of nitrogens with zero attached hydrogens (tertiary/aromatic N) is 1. The average molecular weight is 429 g/mol. The van der Waals surface area contributed by atoms with Crippen LogP contribution in [0.2, 0.25) is 0 Å². The first-order valence-corrected chi connectivity index (χ1v) is 12.3. The summed E-state index contributed by atoms with van der Waals surface area (Å²) < 4.78 is 27.3. The van der Waals surface area contributed by atoms with E-state index in [0.29, 0.717) is 23.7 Å². The fraction of sp³-hybridized carbons (Fsp3) is 0.458. The van der Waals surface area contributed by atoms with Crippen LogP contribution in [0.1, 0.15) is 60.9 Å². The Balaban J connectivity index is 1.65. The molecular formula is C24H32N2O3S. The molecule has 30 heavy (non-hydrogen) atoms. The first-order valence-electron chi connectivity index (χ1n) is 10.8. The lowest BCUT2D eigenvalue weighted by atomic mass is 9.97. The number of sulfonamides is 1. The van der Waals surface area contributed by atoms with Gasteiger partial charge in [0, 0.05) is 19.2 Å². The van der Waals surface area contributed by atoms with Crippen LogP contribution in [0.5, 0.6) is 0 Å². The molecule has 2 aromatic rings. The number of anilines is 1. The lowest BCUT2D eigenvalue weighted by Crippen LogP contribution is -2.28. The predicted molar refractivity (Wildman–Crippen MR) is 121 cm³/mol. The Hall–Kier alpha value is -2.34. The number of carbonyl (C=O) groups is 1. The molecule has 0 saturated heterocycles. The van der Waals surface area contributed by atoms with Crippen LogP contribution in [0.25, 0.3) is 0 Å². The highest BCUT2D eigenvalue weighted by Crippen LogP contribution is 2.25. The third-order valence-electron chi connectivity index (χ3n) is 5.97. The minimum Gasteiger partial charge on any atom is -0.352 e. The molecule has 0 atom stereocenters. The molecular weight excluding hydrogens is 396 g/mol. The summed E-state index contributed by atoms with van der Waals surface area (Å²) in [5.74, 6) is 0.460.